The zero-order chi connectivity index (χ0) is 24.1. The molecule has 33 heavy (non-hydrogen) atoms. The number of rotatable bonds is 13. The van der Waals surface area contributed by atoms with E-state index in [2.05, 4.69) is 25.8 Å². The van der Waals surface area contributed by atoms with Crippen molar-refractivity contribution >= 4 is 18.8 Å². The van der Waals surface area contributed by atoms with E-state index in [1.54, 1.807) is 0 Å². The molecular formula is C24H42N2O6Sn. The molecule has 8 nitrogen and oxygen atoms in total. The Labute approximate surface area is 201 Å². The number of fused-ring (bicyclic) bond motifs is 1. The summed E-state index contributed by atoms with van der Waals surface area (Å²) in [5, 5.41) is 0. The number of aromatic amines is 1. The topological polar surface area (TPSA) is 91.8 Å². The summed E-state index contributed by atoms with van der Waals surface area (Å²) < 4.78 is 30.8. The maximum atomic E-state index is 12.5. The first-order chi connectivity index (χ1) is 15.7. The number of nitrogens with zero attached hydrogens (tertiary/aromatic N) is 1. The Morgan fingerprint density at radius 1 is 1.00 bits per heavy atom. The summed E-state index contributed by atoms with van der Waals surface area (Å²) in [7, 11) is 0. The van der Waals surface area contributed by atoms with Gasteiger partial charge in [0.1, 0.15) is 0 Å². The van der Waals surface area contributed by atoms with Crippen LogP contribution in [0.1, 0.15) is 79.4 Å². The van der Waals surface area contributed by atoms with E-state index in [1.165, 1.54) is 68.7 Å². The number of ether oxygens (including phenoxy) is 3. The van der Waals surface area contributed by atoms with E-state index in [4.69, 9.17) is 17.3 Å². The summed E-state index contributed by atoms with van der Waals surface area (Å²) in [5.74, 6) is -0.769. The van der Waals surface area contributed by atoms with Crippen molar-refractivity contribution in [2.24, 2.45) is 0 Å². The molecule has 2 aliphatic rings. The Morgan fingerprint density at radius 3 is 2.12 bits per heavy atom. The predicted octanol–water partition coefficient (Wildman–Crippen LogP) is 4.32. The summed E-state index contributed by atoms with van der Waals surface area (Å²) >= 11 is -2.82. The number of nitrogens with one attached hydrogen (secondary N) is 1. The van der Waals surface area contributed by atoms with E-state index < -0.39 is 48.2 Å². The zero-order valence-corrected chi connectivity index (χ0v) is 23.8. The molecule has 3 rings (SSSR count). The molecule has 0 radical (unpaired) electrons. The van der Waals surface area contributed by atoms with Crippen LogP contribution in [0, 0.1) is 0 Å². The Bertz CT molecular complexity index is 847. The average Bonchev–Trinajstić information content (AvgIpc) is 3.26. The predicted molar refractivity (Wildman–Crippen MR) is 130 cm³/mol. The van der Waals surface area contributed by atoms with Gasteiger partial charge in [0.15, 0.2) is 0 Å². The second-order valence-electron chi connectivity index (χ2n) is 9.95. The summed E-state index contributed by atoms with van der Waals surface area (Å²) in [6.07, 6.45) is 6.96. The van der Waals surface area contributed by atoms with Crippen molar-refractivity contribution in [2.45, 2.75) is 117 Å². The van der Waals surface area contributed by atoms with E-state index in [0.29, 0.717) is 6.61 Å². The van der Waals surface area contributed by atoms with Gasteiger partial charge in [-0.3, -0.25) is 0 Å². The van der Waals surface area contributed by atoms with E-state index in [9.17, 15) is 9.59 Å². The minimum atomic E-state index is -2.82. The van der Waals surface area contributed by atoms with Gasteiger partial charge in [0.05, 0.1) is 0 Å². The van der Waals surface area contributed by atoms with Gasteiger partial charge >= 0.3 is 202 Å². The van der Waals surface area contributed by atoms with Gasteiger partial charge in [-0.05, 0) is 0 Å². The van der Waals surface area contributed by atoms with Gasteiger partial charge in [-0.15, -0.1) is 0 Å². The summed E-state index contributed by atoms with van der Waals surface area (Å²) in [6.45, 7) is 11.0. The van der Waals surface area contributed by atoms with Crippen LogP contribution >= 0.6 is 0 Å². The Hall–Kier alpha value is -0.681. The second-order valence-corrected chi connectivity index (χ2v) is 21.8. The molecule has 4 atom stereocenters. The van der Waals surface area contributed by atoms with Gasteiger partial charge in [-0.1, -0.05) is 0 Å². The number of H-pyrrole nitrogens is 1. The van der Waals surface area contributed by atoms with Gasteiger partial charge in [-0.25, -0.2) is 0 Å². The van der Waals surface area contributed by atoms with E-state index >= 15 is 0 Å². The van der Waals surface area contributed by atoms with E-state index in [1.807, 2.05) is 13.8 Å². The van der Waals surface area contributed by atoms with Crippen LogP contribution in [0.3, 0.4) is 0 Å². The van der Waals surface area contributed by atoms with Crippen LogP contribution in [-0.4, -0.2) is 59.0 Å². The van der Waals surface area contributed by atoms with Crippen LogP contribution < -0.4 is 11.2 Å². The van der Waals surface area contributed by atoms with Crippen molar-refractivity contribution in [1.29, 1.82) is 0 Å². The molecule has 188 valence electrons. The van der Waals surface area contributed by atoms with E-state index in [-0.39, 0.29) is 12.2 Å². The summed E-state index contributed by atoms with van der Waals surface area (Å²) in [4.78, 5) is 26.3. The number of unbranched alkanes of at least 4 members (excludes halogenated alkanes) is 3. The van der Waals surface area contributed by atoms with Crippen LogP contribution in [0.25, 0.3) is 0 Å². The fourth-order valence-corrected chi connectivity index (χ4v) is 18.4. The molecule has 1 aromatic heterocycles. The van der Waals surface area contributed by atoms with Gasteiger partial charge in [0.25, 0.3) is 0 Å². The molecule has 1 N–H and O–H groups in total. The number of hydrogen-bond donors (Lipinski definition) is 1. The zero-order valence-electron chi connectivity index (χ0n) is 20.9. The molecule has 0 bridgehead atoms. The Morgan fingerprint density at radius 2 is 1.58 bits per heavy atom. The minimum absolute atomic E-state index is 0.318. The molecule has 0 unspecified atom stereocenters. The maximum absolute atomic E-state index is 12.5. The van der Waals surface area contributed by atoms with Crippen molar-refractivity contribution in [3.63, 3.8) is 0 Å². The second kappa shape index (κ2) is 11.8. The SMILES string of the molecule is CCC[CH2][Sn]([CH2]CCC)([CH2]CCC)[O]C[C@H]1O[C@@H](n2ccc(=O)[nH]c2=O)[C@@H]2OC(C)(C)O[C@@H]21. The average molecular weight is 573 g/mol. The van der Waals surface area contributed by atoms with Crippen molar-refractivity contribution in [2.75, 3.05) is 6.61 Å². The van der Waals surface area contributed by atoms with Crippen molar-refractivity contribution in [1.82, 2.24) is 9.55 Å². The molecular weight excluding hydrogens is 531 g/mol. The van der Waals surface area contributed by atoms with E-state index in [0.717, 1.165) is 0 Å². The molecule has 3 heterocycles. The first-order valence-corrected chi connectivity index (χ1v) is 19.9. The standard InChI is InChI=1S/C12H15N2O6.3C4H9.Sn/c1-12(2)19-8-6(5-15)18-10(9(8)20-12)14-4-3-7(16)13-11(14)17;3*1-3-4-2;/h3-4,6,8-10H,5H2,1-2H3,(H,13,16,17);3*1,3-4H2,2H3;/q-1;;;;+1/t6-,8-,9-,10-;;;;/m1..../s1. The van der Waals surface area contributed by atoms with Gasteiger partial charge in [0, 0.05) is 0 Å². The van der Waals surface area contributed by atoms with Gasteiger partial charge < -0.3 is 0 Å². The van der Waals surface area contributed by atoms with Crippen molar-refractivity contribution < 1.29 is 17.3 Å². The number of hydrogen-bond acceptors (Lipinski definition) is 6. The molecule has 0 saturated carbocycles. The fourth-order valence-electron chi connectivity index (χ4n) is 4.99. The van der Waals surface area contributed by atoms with Crippen LogP contribution in [0.4, 0.5) is 0 Å². The van der Waals surface area contributed by atoms with Crippen LogP contribution in [-0.2, 0) is 17.3 Å². The first-order valence-electron chi connectivity index (χ1n) is 12.7. The van der Waals surface area contributed by atoms with Crippen molar-refractivity contribution in [3.05, 3.63) is 33.1 Å². The molecule has 2 aliphatic heterocycles. The third-order valence-electron chi connectivity index (χ3n) is 6.76. The van der Waals surface area contributed by atoms with Crippen LogP contribution in [0.2, 0.25) is 13.3 Å². The number of aromatic nitrogens is 2. The molecule has 0 aromatic carbocycles. The normalized spacial score (nSPS) is 26.6. The fraction of sp³-hybridized carbons (Fsp3) is 0.833. The molecule has 0 aliphatic carbocycles. The molecule has 1 aromatic rings. The third-order valence-corrected chi connectivity index (χ3v) is 19.8. The quantitative estimate of drug-likeness (QED) is 0.354. The molecule has 0 spiro atoms. The summed E-state index contributed by atoms with van der Waals surface area (Å²) in [5.41, 5.74) is -0.945. The van der Waals surface area contributed by atoms with Crippen LogP contribution in [0.15, 0.2) is 21.9 Å². The molecule has 2 saturated heterocycles. The summed E-state index contributed by atoms with van der Waals surface area (Å²) in [6, 6.07) is 1.33. The Balaban J connectivity index is 1.81. The van der Waals surface area contributed by atoms with Gasteiger partial charge in [-0.2, -0.15) is 0 Å². The molecule has 0 amide bonds. The van der Waals surface area contributed by atoms with Crippen molar-refractivity contribution in [3.8, 4) is 0 Å². The van der Waals surface area contributed by atoms with Gasteiger partial charge in [0.2, 0.25) is 0 Å². The monoisotopic (exact) mass is 574 g/mol. The third kappa shape index (κ3) is 6.71. The Kier molecular flexibility index (Phi) is 9.65. The molecule has 2 fully saturated rings. The first kappa shape index (κ1) is 26.9. The molecule has 9 heteroatoms. The van der Waals surface area contributed by atoms with Crippen LogP contribution in [0.5, 0.6) is 0 Å².